The van der Waals surface area contributed by atoms with Gasteiger partial charge >= 0.3 is 7.12 Å². The molecule has 6 aromatic carbocycles. The van der Waals surface area contributed by atoms with Crippen LogP contribution < -0.4 is 16.1 Å². The van der Waals surface area contributed by atoms with E-state index in [2.05, 4.69) is 47.0 Å². The van der Waals surface area contributed by atoms with Crippen molar-refractivity contribution < 1.29 is 38.3 Å². The largest absolute Gasteiger partial charge is 0.488 e. The molecule has 18 nitrogen and oxygen atoms in total. The molecule has 0 bridgehead atoms. The quantitative estimate of drug-likeness (QED) is 0.0565. The smallest absolute Gasteiger partial charge is 0.423 e. The van der Waals surface area contributed by atoms with Gasteiger partial charge in [0, 0.05) is 69.7 Å². The Morgan fingerprint density at radius 1 is 0.606 bits per heavy atom. The summed E-state index contributed by atoms with van der Waals surface area (Å²) in [6, 6.07) is 35.3. The first-order valence-corrected chi connectivity index (χ1v) is 20.6. The van der Waals surface area contributed by atoms with E-state index < -0.39 is 22.9 Å². The summed E-state index contributed by atoms with van der Waals surface area (Å²) in [6.45, 7) is 3.38. The molecule has 0 radical (unpaired) electrons. The number of nitro groups is 2. The second kappa shape index (κ2) is 21.8. The highest BCUT2D eigenvalue weighted by atomic mass is 79.9. The van der Waals surface area contributed by atoms with E-state index in [0.717, 1.165) is 0 Å². The van der Waals surface area contributed by atoms with E-state index in [1.165, 1.54) is 18.2 Å². The molecule has 0 spiro atoms. The van der Waals surface area contributed by atoms with E-state index in [0.29, 0.717) is 88.3 Å². The van der Waals surface area contributed by atoms with Crippen LogP contribution in [-0.4, -0.2) is 59.2 Å². The highest BCUT2D eigenvalue weighted by Crippen LogP contribution is 2.35. The molecule has 0 aliphatic carbocycles. The van der Waals surface area contributed by atoms with E-state index in [-0.39, 0.29) is 17.3 Å². The summed E-state index contributed by atoms with van der Waals surface area (Å²) in [4.78, 5) is 45.9. The number of hydrogen-bond donors (Lipinski definition) is 4. The lowest BCUT2D eigenvalue weighted by Crippen LogP contribution is -2.29. The number of hydrogen-bond acceptors (Lipinski definition) is 14. The van der Waals surface area contributed by atoms with Crippen molar-refractivity contribution in [1.82, 2.24) is 20.4 Å². The lowest BCUT2D eigenvalue weighted by molar-refractivity contribution is -0.385. The van der Waals surface area contributed by atoms with Crippen LogP contribution in [0.4, 0.5) is 22.7 Å². The van der Waals surface area contributed by atoms with Crippen LogP contribution >= 0.6 is 39.1 Å². The molecule has 332 valence electrons. The molecular formula is C44H32BBrCl2N8O10. The first-order chi connectivity index (χ1) is 31.5. The minimum absolute atomic E-state index is 0.112. The van der Waals surface area contributed by atoms with Crippen molar-refractivity contribution in [3.8, 4) is 34.0 Å². The van der Waals surface area contributed by atoms with Gasteiger partial charge in [-0.1, -0.05) is 47.5 Å². The summed E-state index contributed by atoms with van der Waals surface area (Å²) < 4.78 is 11.0. The first kappa shape index (κ1) is 47.9. The maximum atomic E-state index is 12.4. The maximum Gasteiger partial charge on any atom is 0.488 e. The highest BCUT2D eigenvalue weighted by Gasteiger charge is 2.20. The fraction of sp³-hybridized carbons (Fsp3) is 0.0455. The summed E-state index contributed by atoms with van der Waals surface area (Å²) in [5, 5.41) is 62.2. The van der Waals surface area contributed by atoms with Crippen LogP contribution in [0, 0.1) is 34.1 Å². The van der Waals surface area contributed by atoms with Crippen LogP contribution in [0.5, 0.6) is 0 Å². The predicted molar refractivity (Wildman–Crippen MR) is 250 cm³/mol. The van der Waals surface area contributed by atoms with Crippen LogP contribution in [0.15, 0.2) is 147 Å². The Hall–Kier alpha value is -7.62. The molecule has 2 aromatic heterocycles. The van der Waals surface area contributed by atoms with Crippen LogP contribution in [0.1, 0.15) is 32.5 Å². The molecule has 2 heterocycles. The van der Waals surface area contributed by atoms with Gasteiger partial charge in [-0.25, -0.2) is 0 Å². The topological polar surface area (TPSA) is 263 Å². The molecule has 0 aliphatic rings. The number of anilines is 2. The Labute approximate surface area is 392 Å². The summed E-state index contributed by atoms with van der Waals surface area (Å²) in [5.41, 5.74) is 3.91. The van der Waals surface area contributed by atoms with Crippen molar-refractivity contribution in [3.63, 3.8) is 0 Å². The molecule has 4 N–H and O–H groups in total. The molecule has 0 aliphatic heterocycles. The van der Waals surface area contributed by atoms with Gasteiger partial charge in [0.1, 0.15) is 0 Å². The predicted octanol–water partition coefficient (Wildman–Crippen LogP) is 9.51. The van der Waals surface area contributed by atoms with Crippen LogP contribution in [0.2, 0.25) is 10.0 Å². The number of nitrogens with one attached hydrogen (secondary N) is 2. The number of halogens is 3. The molecule has 0 saturated carbocycles. The second-order valence-corrected chi connectivity index (χ2v) is 15.4. The zero-order valence-electron chi connectivity index (χ0n) is 34.3. The van der Waals surface area contributed by atoms with Gasteiger partial charge in [0.05, 0.1) is 19.9 Å². The second-order valence-electron chi connectivity index (χ2n) is 13.7. The molecule has 0 atom stereocenters. The summed E-state index contributed by atoms with van der Waals surface area (Å²) in [6.07, 6.45) is 0. The van der Waals surface area contributed by atoms with Gasteiger partial charge in [0.2, 0.25) is 23.6 Å². The number of rotatable bonds is 10. The molecule has 0 unspecified atom stereocenters. The third kappa shape index (κ3) is 12.8. The van der Waals surface area contributed by atoms with Crippen molar-refractivity contribution >= 4 is 86.3 Å². The molecule has 8 rings (SSSR count). The average Bonchev–Trinajstić information content (AvgIpc) is 3.95. The highest BCUT2D eigenvalue weighted by molar-refractivity contribution is 9.10. The summed E-state index contributed by atoms with van der Waals surface area (Å²) in [5.74, 6) is 0.835. The van der Waals surface area contributed by atoms with Crippen LogP contribution in [0.3, 0.4) is 0 Å². The standard InChI is InChI=1S/C22H15ClN4O4.C13H8BrClN2O3.C9H9BN2O3/c1-13-25-26-22(31-13)16-4-2-3-15(11-16)19-10-9-18(12-20(19)27(29)30)24-21(28)14-5-7-17(23)8-6-14;14-11-6-5-10(7-12(11)17(19)20)16-13(18)8-1-3-9(15)4-2-8;1-6-11-12-9(15-6)7-3-2-4-8(5-7)10(13)14/h2-12H,1H3,(H,24,28);1-7H,(H,16,18);2-5,13-14H,1H3. The number of aromatic nitrogens is 4. The van der Waals surface area contributed by atoms with E-state index in [1.807, 2.05) is 0 Å². The SMILES string of the molecule is Cc1nnc(-c2cccc(-c3ccc(NC(=O)c4ccc(Cl)cc4)cc3[N+](=O)[O-])c2)o1.Cc1nnc(-c2cccc(B(O)O)c2)o1.O=C(Nc1ccc(Br)c([N+](=O)[O-])c1)c1ccc(Cl)cc1. The van der Waals surface area contributed by atoms with Gasteiger partial charge in [0.25, 0.3) is 23.2 Å². The zero-order valence-corrected chi connectivity index (χ0v) is 37.4. The number of nitro benzene ring substituents is 2. The van der Waals surface area contributed by atoms with Gasteiger partial charge in [-0.3, -0.25) is 29.8 Å². The lowest BCUT2D eigenvalue weighted by Gasteiger charge is -2.09. The Balaban J connectivity index is 0.000000177. The van der Waals surface area contributed by atoms with E-state index in [1.54, 1.807) is 129 Å². The fourth-order valence-corrected chi connectivity index (χ4v) is 6.47. The van der Waals surface area contributed by atoms with E-state index in [4.69, 9.17) is 42.1 Å². The third-order valence-corrected chi connectivity index (χ3v) is 10.1. The number of carbonyl (C=O) groups excluding carboxylic acids is 2. The molecule has 66 heavy (non-hydrogen) atoms. The molecule has 0 fully saturated rings. The van der Waals surface area contributed by atoms with Gasteiger partial charge < -0.3 is 29.5 Å². The average molecular weight is 994 g/mol. The lowest BCUT2D eigenvalue weighted by atomic mass is 9.80. The monoisotopic (exact) mass is 992 g/mol. The van der Waals surface area contributed by atoms with Crippen molar-refractivity contribution in [3.05, 3.63) is 191 Å². The van der Waals surface area contributed by atoms with E-state index in [9.17, 15) is 29.8 Å². The minimum Gasteiger partial charge on any atom is -0.423 e. The van der Waals surface area contributed by atoms with Crippen molar-refractivity contribution in [2.24, 2.45) is 0 Å². The first-order valence-electron chi connectivity index (χ1n) is 19.1. The fourth-order valence-electron chi connectivity index (χ4n) is 5.82. The van der Waals surface area contributed by atoms with Gasteiger partial charge in [-0.15, -0.1) is 20.4 Å². The van der Waals surface area contributed by atoms with Crippen molar-refractivity contribution in [2.45, 2.75) is 13.8 Å². The Bertz CT molecular complexity index is 3040. The number of amides is 2. The van der Waals surface area contributed by atoms with Crippen molar-refractivity contribution in [1.29, 1.82) is 0 Å². The number of benzene rings is 6. The zero-order chi connectivity index (χ0) is 47.5. The summed E-state index contributed by atoms with van der Waals surface area (Å²) >= 11 is 14.7. The molecule has 0 saturated heterocycles. The van der Waals surface area contributed by atoms with E-state index >= 15 is 0 Å². The number of carbonyl (C=O) groups is 2. The maximum absolute atomic E-state index is 12.4. The Kier molecular flexibility index (Phi) is 15.8. The van der Waals surface area contributed by atoms with Crippen LogP contribution in [0.25, 0.3) is 34.0 Å². The third-order valence-electron chi connectivity index (χ3n) is 8.97. The van der Waals surface area contributed by atoms with Crippen molar-refractivity contribution in [2.75, 3.05) is 10.6 Å². The number of nitrogens with zero attached hydrogens (tertiary/aromatic N) is 6. The molecule has 22 heteroatoms. The molecule has 2 amide bonds. The Morgan fingerprint density at radius 2 is 1.06 bits per heavy atom. The summed E-state index contributed by atoms with van der Waals surface area (Å²) in [7, 11) is -1.49. The molecule has 8 aromatic rings. The van der Waals surface area contributed by atoms with Crippen LogP contribution in [-0.2, 0) is 0 Å². The Morgan fingerprint density at radius 3 is 1.53 bits per heavy atom. The van der Waals surface area contributed by atoms with Gasteiger partial charge in [-0.2, -0.15) is 0 Å². The molecular weight excluding hydrogens is 962 g/mol. The van der Waals surface area contributed by atoms with Gasteiger partial charge in [0.15, 0.2) is 0 Å². The normalized spacial score (nSPS) is 10.4. The van der Waals surface area contributed by atoms with Gasteiger partial charge in [-0.05, 0) is 124 Å². The number of aryl methyl sites for hydroxylation is 2. The minimum atomic E-state index is -1.49.